The highest BCUT2D eigenvalue weighted by Crippen LogP contribution is 2.18. The third-order valence-corrected chi connectivity index (χ3v) is 3.21. The fraction of sp³-hybridized carbons (Fsp3) is 0.235. The van der Waals surface area contributed by atoms with E-state index in [4.69, 9.17) is 4.74 Å². The lowest BCUT2D eigenvalue weighted by Crippen LogP contribution is -2.39. The molecule has 2 aromatic carbocycles. The van der Waals surface area contributed by atoms with Crippen molar-refractivity contribution in [1.82, 2.24) is 0 Å². The molecule has 0 aromatic heterocycles. The number of nitrogens with zero attached hydrogens (tertiary/aromatic N) is 1. The maximum Gasteiger partial charge on any atom is 0.267 e. The van der Waals surface area contributed by atoms with Gasteiger partial charge in [-0.1, -0.05) is 25.1 Å². The maximum absolute atomic E-state index is 12.9. The molecular weight excluding hydrogens is 269 g/mol. The van der Waals surface area contributed by atoms with E-state index in [1.165, 1.54) is 24.3 Å². The summed E-state index contributed by atoms with van der Waals surface area (Å²) in [6.45, 7) is 1.88. The highest BCUT2D eigenvalue weighted by atomic mass is 19.1. The van der Waals surface area contributed by atoms with Gasteiger partial charge in [0.15, 0.2) is 6.10 Å². The molecule has 0 spiro atoms. The first kappa shape index (κ1) is 15.0. The Kier molecular flexibility index (Phi) is 4.93. The minimum atomic E-state index is -0.597. The summed E-state index contributed by atoms with van der Waals surface area (Å²) >= 11 is 0. The monoisotopic (exact) mass is 287 g/mol. The first-order valence-corrected chi connectivity index (χ1v) is 6.86. The van der Waals surface area contributed by atoms with Crippen LogP contribution in [0.15, 0.2) is 54.6 Å². The van der Waals surface area contributed by atoms with Crippen LogP contribution in [0.4, 0.5) is 10.1 Å². The van der Waals surface area contributed by atoms with Crippen molar-refractivity contribution >= 4 is 11.6 Å². The van der Waals surface area contributed by atoms with Crippen LogP contribution in [0.5, 0.6) is 5.75 Å². The summed E-state index contributed by atoms with van der Waals surface area (Å²) in [5.74, 6) is 0.0224. The van der Waals surface area contributed by atoms with Crippen LogP contribution in [0.2, 0.25) is 0 Å². The van der Waals surface area contributed by atoms with Crippen molar-refractivity contribution in [3.8, 4) is 5.75 Å². The van der Waals surface area contributed by atoms with Crippen LogP contribution < -0.4 is 9.64 Å². The molecule has 1 atom stereocenters. The Hall–Kier alpha value is -2.36. The summed E-state index contributed by atoms with van der Waals surface area (Å²) in [5.41, 5.74) is 0.809. The summed E-state index contributed by atoms with van der Waals surface area (Å²) in [6, 6.07) is 15.0. The van der Waals surface area contributed by atoms with Gasteiger partial charge in [0.2, 0.25) is 0 Å². The molecule has 0 aliphatic heterocycles. The number of ether oxygens (including phenoxy) is 1. The minimum Gasteiger partial charge on any atom is -0.481 e. The number of para-hydroxylation sites is 1. The van der Waals surface area contributed by atoms with Gasteiger partial charge in [0.25, 0.3) is 5.91 Å². The molecule has 0 radical (unpaired) electrons. The average Bonchev–Trinajstić information content (AvgIpc) is 2.54. The van der Waals surface area contributed by atoms with Gasteiger partial charge in [0.05, 0.1) is 0 Å². The number of likely N-dealkylation sites (N-methyl/N-ethyl adjacent to an activating group) is 1. The summed E-state index contributed by atoms with van der Waals surface area (Å²) in [5, 5.41) is 0. The van der Waals surface area contributed by atoms with Crippen LogP contribution in [-0.2, 0) is 4.79 Å². The highest BCUT2D eigenvalue weighted by Gasteiger charge is 2.23. The molecule has 4 heteroatoms. The largest absolute Gasteiger partial charge is 0.481 e. The number of hydrogen-bond acceptors (Lipinski definition) is 2. The van der Waals surface area contributed by atoms with Gasteiger partial charge >= 0.3 is 0 Å². The molecular formula is C17H18FNO2. The van der Waals surface area contributed by atoms with E-state index in [1.807, 2.05) is 37.3 Å². The van der Waals surface area contributed by atoms with Crippen molar-refractivity contribution < 1.29 is 13.9 Å². The smallest absolute Gasteiger partial charge is 0.267 e. The molecule has 0 saturated carbocycles. The van der Waals surface area contributed by atoms with Gasteiger partial charge in [-0.2, -0.15) is 0 Å². The first-order valence-electron chi connectivity index (χ1n) is 6.86. The van der Waals surface area contributed by atoms with E-state index in [0.717, 1.165) is 5.69 Å². The zero-order chi connectivity index (χ0) is 15.2. The number of anilines is 1. The SMILES string of the molecule is CCC(Oc1ccc(F)cc1)C(=O)N(C)c1ccccc1. The fourth-order valence-electron chi connectivity index (χ4n) is 1.98. The van der Waals surface area contributed by atoms with Crippen LogP contribution in [0.3, 0.4) is 0 Å². The van der Waals surface area contributed by atoms with Gasteiger partial charge in [0, 0.05) is 12.7 Å². The minimum absolute atomic E-state index is 0.131. The van der Waals surface area contributed by atoms with E-state index in [2.05, 4.69) is 0 Å². The summed E-state index contributed by atoms with van der Waals surface area (Å²) in [6.07, 6.45) is -0.0615. The molecule has 110 valence electrons. The third kappa shape index (κ3) is 3.81. The summed E-state index contributed by atoms with van der Waals surface area (Å²) in [4.78, 5) is 14.0. The molecule has 1 unspecified atom stereocenters. The van der Waals surface area contributed by atoms with Crippen molar-refractivity contribution in [1.29, 1.82) is 0 Å². The Balaban J connectivity index is 2.09. The van der Waals surface area contributed by atoms with E-state index in [-0.39, 0.29) is 11.7 Å². The molecule has 2 aromatic rings. The molecule has 0 N–H and O–H groups in total. The van der Waals surface area contributed by atoms with Crippen LogP contribution in [0, 0.1) is 5.82 Å². The predicted molar refractivity (Wildman–Crippen MR) is 81.0 cm³/mol. The molecule has 21 heavy (non-hydrogen) atoms. The molecule has 0 bridgehead atoms. The van der Waals surface area contributed by atoms with Gasteiger partial charge in [-0.25, -0.2) is 4.39 Å². The topological polar surface area (TPSA) is 29.5 Å². The van der Waals surface area contributed by atoms with Crippen molar-refractivity contribution in [2.75, 3.05) is 11.9 Å². The normalized spacial score (nSPS) is 11.8. The number of carbonyl (C=O) groups excluding carboxylic acids is 1. The Morgan fingerprint density at radius 2 is 1.76 bits per heavy atom. The molecule has 0 saturated heterocycles. The van der Waals surface area contributed by atoms with Crippen molar-refractivity contribution in [3.63, 3.8) is 0 Å². The van der Waals surface area contributed by atoms with Crippen molar-refractivity contribution in [3.05, 3.63) is 60.4 Å². The van der Waals surface area contributed by atoms with Gasteiger partial charge < -0.3 is 9.64 Å². The Labute approximate surface area is 124 Å². The number of halogens is 1. The zero-order valence-electron chi connectivity index (χ0n) is 12.1. The number of carbonyl (C=O) groups is 1. The van der Waals surface area contributed by atoms with Crippen molar-refractivity contribution in [2.45, 2.75) is 19.4 Å². The molecule has 0 aliphatic carbocycles. The average molecular weight is 287 g/mol. The summed E-state index contributed by atoms with van der Waals surface area (Å²) < 4.78 is 18.5. The predicted octanol–water partition coefficient (Wildman–Crippen LogP) is 3.65. The van der Waals surface area contributed by atoms with Gasteiger partial charge in [0.1, 0.15) is 11.6 Å². The second-order valence-electron chi connectivity index (χ2n) is 4.70. The van der Waals surface area contributed by atoms with Gasteiger partial charge in [-0.3, -0.25) is 4.79 Å². The van der Waals surface area contributed by atoms with E-state index in [1.54, 1.807) is 11.9 Å². The number of hydrogen-bond donors (Lipinski definition) is 0. The lowest BCUT2D eigenvalue weighted by molar-refractivity contribution is -0.125. The Bertz CT molecular complexity index is 583. The highest BCUT2D eigenvalue weighted by molar-refractivity contribution is 5.96. The lowest BCUT2D eigenvalue weighted by Gasteiger charge is -2.24. The molecule has 3 nitrogen and oxygen atoms in total. The molecule has 0 fully saturated rings. The molecule has 0 aliphatic rings. The first-order chi connectivity index (χ1) is 10.1. The van der Waals surface area contributed by atoms with E-state index >= 15 is 0 Å². The van der Waals surface area contributed by atoms with E-state index in [9.17, 15) is 9.18 Å². The summed E-state index contributed by atoms with van der Waals surface area (Å²) in [7, 11) is 1.72. The number of benzene rings is 2. The Morgan fingerprint density at radius 1 is 1.14 bits per heavy atom. The molecule has 1 amide bonds. The maximum atomic E-state index is 12.9. The fourth-order valence-corrected chi connectivity index (χ4v) is 1.98. The Morgan fingerprint density at radius 3 is 2.33 bits per heavy atom. The van der Waals surface area contributed by atoms with Gasteiger partial charge in [-0.05, 0) is 42.8 Å². The second-order valence-corrected chi connectivity index (χ2v) is 4.70. The van der Waals surface area contributed by atoms with E-state index < -0.39 is 6.10 Å². The third-order valence-electron chi connectivity index (χ3n) is 3.21. The lowest BCUT2D eigenvalue weighted by atomic mass is 10.2. The van der Waals surface area contributed by atoms with Crippen LogP contribution in [0.25, 0.3) is 0 Å². The van der Waals surface area contributed by atoms with E-state index in [0.29, 0.717) is 12.2 Å². The standard InChI is InChI=1S/C17H18FNO2/c1-3-16(21-15-11-9-13(18)10-12-15)17(20)19(2)14-7-5-4-6-8-14/h4-12,16H,3H2,1-2H3. The number of rotatable bonds is 5. The quantitative estimate of drug-likeness (QED) is 0.840. The van der Waals surface area contributed by atoms with Gasteiger partial charge in [-0.15, -0.1) is 0 Å². The van der Waals surface area contributed by atoms with Crippen molar-refractivity contribution in [2.24, 2.45) is 0 Å². The zero-order valence-corrected chi connectivity index (χ0v) is 12.1. The van der Waals surface area contributed by atoms with Crippen LogP contribution in [-0.4, -0.2) is 19.1 Å². The molecule has 2 rings (SSSR count). The van der Waals surface area contributed by atoms with Crippen LogP contribution in [0.1, 0.15) is 13.3 Å². The second kappa shape index (κ2) is 6.88. The number of amides is 1. The van der Waals surface area contributed by atoms with Crippen LogP contribution >= 0.6 is 0 Å². The molecule has 0 heterocycles.